The minimum Gasteiger partial charge on any atom is -0.454 e. The van der Waals surface area contributed by atoms with Crippen LogP contribution in [0.15, 0.2) is 72.8 Å². The van der Waals surface area contributed by atoms with Crippen LogP contribution < -0.4 is 15.4 Å². The summed E-state index contributed by atoms with van der Waals surface area (Å²) in [5.74, 6) is -0.199. The number of nitrogens with one attached hydrogen (secondary N) is 2. The largest absolute Gasteiger partial charge is 0.454 e. The molecule has 1 atom stereocenters. The summed E-state index contributed by atoms with van der Waals surface area (Å²) in [7, 11) is 1.81. The average Bonchev–Trinajstić information content (AvgIpc) is 3.32. The van der Waals surface area contributed by atoms with Gasteiger partial charge in [-0.25, -0.2) is 9.18 Å². The molecule has 2 amide bonds. The van der Waals surface area contributed by atoms with Crippen LogP contribution in [-0.4, -0.2) is 57.0 Å². The van der Waals surface area contributed by atoms with Gasteiger partial charge in [0.2, 0.25) is 0 Å². The second kappa shape index (κ2) is 10.6. The zero-order chi connectivity index (χ0) is 25.8. The maximum atomic E-state index is 14.8. The summed E-state index contributed by atoms with van der Waals surface area (Å²) in [5.41, 5.74) is 2.66. The van der Waals surface area contributed by atoms with Crippen LogP contribution in [0.3, 0.4) is 0 Å². The molecule has 1 saturated heterocycles. The van der Waals surface area contributed by atoms with Gasteiger partial charge in [-0.05, 0) is 30.4 Å². The molecule has 37 heavy (non-hydrogen) atoms. The number of urea groups is 1. The highest BCUT2D eigenvalue weighted by molar-refractivity contribution is 6.26. The topological polar surface area (TPSA) is 93.5 Å². The van der Waals surface area contributed by atoms with E-state index in [1.807, 2.05) is 31.5 Å². The number of carbonyl (C=O) groups excluding carboxylic acids is 1. The van der Waals surface area contributed by atoms with Crippen molar-refractivity contribution in [3.63, 3.8) is 0 Å². The number of pyridine rings is 1. The number of rotatable bonds is 6. The molecule has 0 saturated carbocycles. The summed E-state index contributed by atoms with van der Waals surface area (Å²) in [6.45, 7) is 2.81. The van der Waals surface area contributed by atoms with Gasteiger partial charge in [0.05, 0.1) is 25.1 Å². The van der Waals surface area contributed by atoms with Gasteiger partial charge in [-0.3, -0.25) is 9.67 Å². The van der Waals surface area contributed by atoms with Crippen LogP contribution in [0.25, 0.3) is 11.3 Å². The quantitative estimate of drug-likeness (QED) is 0.360. The molecule has 2 N–H and O–H groups in total. The molecular formula is C26H26ClFN6O3. The summed E-state index contributed by atoms with van der Waals surface area (Å²) in [5, 5.41) is 9.54. The molecule has 1 aromatic carbocycles. The number of hydrogen-bond donors (Lipinski definition) is 2. The SMILES string of the molecule is Cn1cc(-c2cc(Oc3ccc(NC(=O)NC4(Cl)C=C(N5CCOCC5)C=CC4)cc3F)ccn2)cn1. The van der Waals surface area contributed by atoms with Crippen molar-refractivity contribution in [2.45, 2.75) is 11.4 Å². The maximum Gasteiger partial charge on any atom is 0.320 e. The van der Waals surface area contributed by atoms with E-state index < -0.39 is 16.8 Å². The van der Waals surface area contributed by atoms with Gasteiger partial charge >= 0.3 is 6.03 Å². The summed E-state index contributed by atoms with van der Waals surface area (Å²) in [4.78, 5) is 18.0. The zero-order valence-corrected chi connectivity index (χ0v) is 20.9. The van der Waals surface area contributed by atoms with Crippen LogP contribution in [0.2, 0.25) is 0 Å². The van der Waals surface area contributed by atoms with Crippen molar-refractivity contribution < 1.29 is 18.7 Å². The highest BCUT2D eigenvalue weighted by atomic mass is 35.5. The molecule has 0 bridgehead atoms. The number of benzene rings is 1. The van der Waals surface area contributed by atoms with E-state index >= 15 is 0 Å². The highest BCUT2D eigenvalue weighted by Crippen LogP contribution is 2.30. The summed E-state index contributed by atoms with van der Waals surface area (Å²) in [6.07, 6.45) is 11.2. The number of aromatic nitrogens is 3. The monoisotopic (exact) mass is 524 g/mol. The maximum absolute atomic E-state index is 14.8. The van der Waals surface area contributed by atoms with Gasteiger partial charge in [-0.15, -0.1) is 0 Å². The standard InChI is InChI=1S/C26H26ClFN6O3/c1-33-17-18(16-30-33)23-14-21(6-8-29-23)37-24-5-4-19(13-22(24)28)31-25(35)32-26(27)7-2-3-20(15-26)34-9-11-36-12-10-34/h2-6,8,13-17H,7,9-12H2,1H3,(H2,31,32,35). The third-order valence-electron chi connectivity index (χ3n) is 5.93. The smallest absolute Gasteiger partial charge is 0.320 e. The first kappa shape index (κ1) is 24.8. The number of allylic oxidation sites excluding steroid dienone is 1. The summed E-state index contributed by atoms with van der Waals surface area (Å²) in [6, 6.07) is 6.98. The second-order valence-electron chi connectivity index (χ2n) is 8.74. The van der Waals surface area contributed by atoms with Crippen molar-refractivity contribution in [3.8, 4) is 22.8 Å². The van der Waals surface area contributed by atoms with Crippen molar-refractivity contribution in [2.75, 3.05) is 31.6 Å². The van der Waals surface area contributed by atoms with Crippen LogP contribution in [0.5, 0.6) is 11.5 Å². The van der Waals surface area contributed by atoms with Crippen LogP contribution in [0, 0.1) is 5.82 Å². The summed E-state index contributed by atoms with van der Waals surface area (Å²) < 4.78 is 27.6. The lowest BCUT2D eigenvalue weighted by Crippen LogP contribution is -2.46. The third kappa shape index (κ3) is 6.10. The Morgan fingerprint density at radius 2 is 2.08 bits per heavy atom. The van der Waals surface area contributed by atoms with E-state index in [4.69, 9.17) is 21.1 Å². The molecule has 5 rings (SSSR count). The minimum atomic E-state index is -1.10. The third-order valence-corrected chi connectivity index (χ3v) is 6.29. The molecule has 2 aliphatic rings. The van der Waals surface area contributed by atoms with E-state index in [-0.39, 0.29) is 11.4 Å². The fourth-order valence-electron chi connectivity index (χ4n) is 4.12. The fourth-order valence-corrected chi connectivity index (χ4v) is 4.41. The number of halogens is 2. The molecule has 192 valence electrons. The molecule has 11 heteroatoms. The molecule has 0 spiro atoms. The molecule has 1 unspecified atom stereocenters. The predicted molar refractivity (Wildman–Crippen MR) is 138 cm³/mol. The highest BCUT2D eigenvalue weighted by Gasteiger charge is 2.30. The molecule has 1 aliphatic carbocycles. The molecule has 0 radical (unpaired) electrons. The van der Waals surface area contributed by atoms with Crippen molar-refractivity contribution in [2.24, 2.45) is 7.05 Å². The minimum absolute atomic E-state index is 0.0126. The van der Waals surface area contributed by atoms with Gasteiger partial charge in [0.15, 0.2) is 11.6 Å². The van der Waals surface area contributed by atoms with Gasteiger partial charge in [-0.1, -0.05) is 17.7 Å². The van der Waals surface area contributed by atoms with E-state index in [1.165, 1.54) is 12.1 Å². The molecule has 3 aromatic rings. The van der Waals surface area contributed by atoms with Crippen molar-refractivity contribution >= 4 is 23.3 Å². The van der Waals surface area contributed by atoms with Crippen LogP contribution in [0.1, 0.15) is 6.42 Å². The Morgan fingerprint density at radius 1 is 1.24 bits per heavy atom. The van der Waals surface area contributed by atoms with Crippen molar-refractivity contribution in [1.29, 1.82) is 0 Å². The summed E-state index contributed by atoms with van der Waals surface area (Å²) >= 11 is 6.69. The van der Waals surface area contributed by atoms with Crippen LogP contribution in [0.4, 0.5) is 14.9 Å². The second-order valence-corrected chi connectivity index (χ2v) is 9.42. The Kier molecular flexibility index (Phi) is 7.11. The molecule has 1 aliphatic heterocycles. The Hall–Kier alpha value is -3.89. The van der Waals surface area contributed by atoms with E-state index in [0.717, 1.165) is 24.4 Å². The predicted octanol–water partition coefficient (Wildman–Crippen LogP) is 4.65. The Labute approximate surface area is 218 Å². The normalized spacial score (nSPS) is 19.3. The fraction of sp³-hybridized carbons (Fsp3) is 0.269. The van der Waals surface area contributed by atoms with E-state index in [2.05, 4.69) is 25.6 Å². The van der Waals surface area contributed by atoms with Gasteiger partial charge in [0, 0.05) is 68.0 Å². The number of aryl methyl sites for hydroxylation is 1. The number of carbonyl (C=O) groups is 1. The number of morpholine rings is 1. The lowest BCUT2D eigenvalue weighted by molar-refractivity contribution is 0.0549. The van der Waals surface area contributed by atoms with Gasteiger partial charge in [-0.2, -0.15) is 5.10 Å². The lowest BCUT2D eigenvalue weighted by atomic mass is 10.0. The number of alkyl halides is 1. The van der Waals surface area contributed by atoms with E-state index in [9.17, 15) is 9.18 Å². The van der Waals surface area contributed by atoms with E-state index in [0.29, 0.717) is 31.1 Å². The zero-order valence-electron chi connectivity index (χ0n) is 20.2. The average molecular weight is 525 g/mol. The number of hydrogen-bond acceptors (Lipinski definition) is 6. The van der Waals surface area contributed by atoms with Crippen molar-refractivity contribution in [3.05, 3.63) is 78.7 Å². The number of anilines is 1. The molecular weight excluding hydrogens is 499 g/mol. The van der Waals surface area contributed by atoms with Crippen LogP contribution in [-0.2, 0) is 11.8 Å². The Bertz CT molecular complexity index is 1350. The van der Waals surface area contributed by atoms with E-state index in [1.54, 1.807) is 35.3 Å². The van der Waals surface area contributed by atoms with Crippen molar-refractivity contribution in [1.82, 2.24) is 25.0 Å². The number of amides is 2. The number of ether oxygens (including phenoxy) is 2. The van der Waals surface area contributed by atoms with Gasteiger partial charge in [0.1, 0.15) is 10.7 Å². The molecule has 9 nitrogen and oxygen atoms in total. The van der Waals surface area contributed by atoms with Gasteiger partial charge < -0.3 is 25.0 Å². The Balaban J connectivity index is 1.22. The van der Waals surface area contributed by atoms with Crippen LogP contribution >= 0.6 is 11.6 Å². The first-order valence-corrected chi connectivity index (χ1v) is 12.2. The molecule has 3 heterocycles. The Morgan fingerprint density at radius 3 is 2.84 bits per heavy atom. The first-order chi connectivity index (χ1) is 17.9. The lowest BCUT2D eigenvalue weighted by Gasteiger charge is -2.34. The first-order valence-electron chi connectivity index (χ1n) is 11.8. The number of nitrogens with zero attached hydrogens (tertiary/aromatic N) is 4. The van der Waals surface area contributed by atoms with Gasteiger partial charge in [0.25, 0.3) is 0 Å². The molecule has 1 fully saturated rings. The molecule has 2 aromatic heterocycles.